The van der Waals surface area contributed by atoms with Crippen molar-refractivity contribution in [3.05, 3.63) is 54.6 Å². The van der Waals surface area contributed by atoms with Crippen molar-refractivity contribution in [3.8, 4) is 11.1 Å². The fourth-order valence-corrected chi connectivity index (χ4v) is 2.96. The molecule has 0 bridgehead atoms. The number of amidine groups is 1. The van der Waals surface area contributed by atoms with Crippen molar-refractivity contribution >= 4 is 22.6 Å². The van der Waals surface area contributed by atoms with Gasteiger partial charge in [-0.2, -0.15) is 0 Å². The smallest absolute Gasteiger partial charge is 0.161 e. The molecule has 0 amide bonds. The molecule has 1 N–H and O–H groups in total. The van der Waals surface area contributed by atoms with Crippen LogP contribution < -0.4 is 5.32 Å². The lowest BCUT2D eigenvalue weighted by molar-refractivity contribution is 0.865. The van der Waals surface area contributed by atoms with Crippen molar-refractivity contribution < 1.29 is 0 Å². The Morgan fingerprint density at radius 3 is 2.32 bits per heavy atom. The summed E-state index contributed by atoms with van der Waals surface area (Å²) in [4.78, 5) is 4.53. The molecule has 0 fully saturated rings. The van der Waals surface area contributed by atoms with Crippen LogP contribution in [0.15, 0.2) is 59.6 Å². The molecule has 2 nitrogen and oxygen atoms in total. The first kappa shape index (κ1) is 12.3. The van der Waals surface area contributed by atoms with Gasteiger partial charge in [0.2, 0.25) is 0 Å². The molecule has 96 valence electrons. The van der Waals surface area contributed by atoms with Crippen molar-refractivity contribution in [3.63, 3.8) is 0 Å². The van der Waals surface area contributed by atoms with Gasteiger partial charge < -0.3 is 5.32 Å². The first-order valence-electron chi connectivity index (χ1n) is 6.44. The molecule has 0 saturated carbocycles. The van der Waals surface area contributed by atoms with E-state index in [0.717, 1.165) is 16.6 Å². The molecule has 1 unspecified atom stereocenters. The predicted molar refractivity (Wildman–Crippen MR) is 84.9 cm³/mol. The minimum absolute atomic E-state index is 0.427. The molecule has 0 saturated heterocycles. The number of hydrogen-bond donors (Lipinski definition) is 1. The summed E-state index contributed by atoms with van der Waals surface area (Å²) in [6.45, 7) is 2.14. The van der Waals surface area contributed by atoms with Crippen molar-refractivity contribution in [2.75, 3.05) is 11.1 Å². The summed E-state index contributed by atoms with van der Waals surface area (Å²) in [7, 11) is 0. The van der Waals surface area contributed by atoms with Crippen LogP contribution in [0.5, 0.6) is 0 Å². The highest BCUT2D eigenvalue weighted by Crippen LogP contribution is 2.23. The molecule has 0 radical (unpaired) electrons. The average molecular weight is 268 g/mol. The first-order valence-corrected chi connectivity index (χ1v) is 7.43. The van der Waals surface area contributed by atoms with Gasteiger partial charge in [-0.25, -0.2) is 0 Å². The Morgan fingerprint density at radius 1 is 1.00 bits per heavy atom. The number of nitrogens with one attached hydrogen (secondary N) is 1. The molecule has 1 aliphatic rings. The summed E-state index contributed by atoms with van der Waals surface area (Å²) in [5.74, 6) is 1.07. The monoisotopic (exact) mass is 268 g/mol. The second-order valence-electron chi connectivity index (χ2n) is 4.66. The maximum Gasteiger partial charge on any atom is 0.161 e. The fourth-order valence-electron chi connectivity index (χ4n) is 2.04. The van der Waals surface area contributed by atoms with Gasteiger partial charge in [0.25, 0.3) is 0 Å². The summed E-state index contributed by atoms with van der Waals surface area (Å²) in [5, 5.41) is 4.39. The minimum atomic E-state index is 0.427. The van der Waals surface area contributed by atoms with Gasteiger partial charge in [-0.05, 0) is 30.2 Å². The molecule has 2 aromatic carbocycles. The number of anilines is 1. The molecular formula is C16H16N2S. The molecule has 3 rings (SSSR count). The van der Waals surface area contributed by atoms with Gasteiger partial charge in [-0.3, -0.25) is 4.99 Å². The Balaban J connectivity index is 1.74. The number of nitrogens with zero attached hydrogens (tertiary/aromatic N) is 1. The zero-order valence-electron chi connectivity index (χ0n) is 10.8. The zero-order chi connectivity index (χ0) is 13.1. The van der Waals surface area contributed by atoms with Crippen LogP contribution in [0, 0.1) is 0 Å². The molecular weight excluding hydrogens is 252 g/mol. The number of thioether (sulfide) groups is 1. The van der Waals surface area contributed by atoms with E-state index in [4.69, 9.17) is 0 Å². The highest BCUT2D eigenvalue weighted by atomic mass is 32.2. The second-order valence-corrected chi connectivity index (χ2v) is 5.67. The van der Waals surface area contributed by atoms with E-state index in [-0.39, 0.29) is 0 Å². The average Bonchev–Trinajstić information content (AvgIpc) is 2.86. The first-order chi connectivity index (χ1) is 9.31. The van der Waals surface area contributed by atoms with Crippen LogP contribution in [-0.2, 0) is 0 Å². The molecule has 3 heteroatoms. The standard InChI is InChI=1S/C16H16N2S/c1-12-11-19-16(17-12)18-15-9-7-14(8-10-15)13-5-3-2-4-6-13/h2-10,12H,11H2,1H3,(H,17,18). The van der Waals surface area contributed by atoms with Gasteiger partial charge in [0.05, 0.1) is 6.04 Å². The summed E-state index contributed by atoms with van der Waals surface area (Å²) in [6, 6.07) is 19.3. The maximum absolute atomic E-state index is 4.53. The van der Waals surface area contributed by atoms with Crippen molar-refractivity contribution in [1.82, 2.24) is 0 Å². The number of benzene rings is 2. The number of rotatable bonds is 2. The Bertz CT molecular complexity index is 575. The summed E-state index contributed by atoms with van der Waals surface area (Å²) in [5.41, 5.74) is 3.58. The van der Waals surface area contributed by atoms with Crippen molar-refractivity contribution in [1.29, 1.82) is 0 Å². The van der Waals surface area contributed by atoms with E-state index >= 15 is 0 Å². The lowest BCUT2D eigenvalue weighted by Gasteiger charge is -2.06. The summed E-state index contributed by atoms with van der Waals surface area (Å²) in [6.07, 6.45) is 0. The van der Waals surface area contributed by atoms with Gasteiger partial charge >= 0.3 is 0 Å². The van der Waals surface area contributed by atoms with Crippen LogP contribution in [0.3, 0.4) is 0 Å². The van der Waals surface area contributed by atoms with Crippen LogP contribution in [0.4, 0.5) is 5.69 Å². The topological polar surface area (TPSA) is 24.4 Å². The van der Waals surface area contributed by atoms with Gasteiger partial charge in [0.1, 0.15) is 0 Å². The van der Waals surface area contributed by atoms with E-state index in [2.05, 4.69) is 65.8 Å². The molecule has 1 atom stereocenters. The lowest BCUT2D eigenvalue weighted by Crippen LogP contribution is -2.04. The quantitative estimate of drug-likeness (QED) is 0.880. The van der Waals surface area contributed by atoms with Crippen LogP contribution >= 0.6 is 11.8 Å². The number of aliphatic imine (C=N–C) groups is 1. The highest BCUT2D eigenvalue weighted by molar-refractivity contribution is 8.14. The van der Waals surface area contributed by atoms with Crippen molar-refractivity contribution in [2.45, 2.75) is 13.0 Å². The molecule has 0 spiro atoms. The molecule has 1 heterocycles. The largest absolute Gasteiger partial charge is 0.335 e. The van der Waals surface area contributed by atoms with E-state index in [9.17, 15) is 0 Å². The van der Waals surface area contributed by atoms with Crippen LogP contribution in [-0.4, -0.2) is 17.0 Å². The third-order valence-corrected chi connectivity index (χ3v) is 4.17. The number of hydrogen-bond acceptors (Lipinski definition) is 3. The van der Waals surface area contributed by atoms with E-state index in [1.807, 2.05) is 6.07 Å². The van der Waals surface area contributed by atoms with Crippen LogP contribution in [0.1, 0.15) is 6.92 Å². The Hall–Kier alpha value is -1.74. The minimum Gasteiger partial charge on any atom is -0.335 e. The van der Waals surface area contributed by atoms with E-state index in [0.29, 0.717) is 6.04 Å². The van der Waals surface area contributed by atoms with Gasteiger partial charge in [0.15, 0.2) is 5.17 Å². The Labute approximate surface area is 118 Å². The predicted octanol–water partition coefficient (Wildman–Crippen LogP) is 4.26. The maximum atomic E-state index is 4.53. The third-order valence-electron chi connectivity index (χ3n) is 3.04. The SMILES string of the molecule is CC1CSC(Nc2ccc(-c3ccccc3)cc2)=N1. The molecule has 0 aromatic heterocycles. The van der Waals surface area contributed by atoms with Gasteiger partial charge in [-0.1, -0.05) is 54.2 Å². The lowest BCUT2D eigenvalue weighted by atomic mass is 10.1. The third kappa shape index (κ3) is 2.99. The highest BCUT2D eigenvalue weighted by Gasteiger charge is 2.13. The van der Waals surface area contributed by atoms with Gasteiger partial charge in [-0.15, -0.1) is 0 Å². The molecule has 0 aliphatic carbocycles. The van der Waals surface area contributed by atoms with Crippen molar-refractivity contribution in [2.24, 2.45) is 4.99 Å². The molecule has 19 heavy (non-hydrogen) atoms. The molecule has 1 aliphatic heterocycles. The zero-order valence-corrected chi connectivity index (χ0v) is 11.7. The van der Waals surface area contributed by atoms with E-state index < -0.39 is 0 Å². The summed E-state index contributed by atoms with van der Waals surface area (Å²) < 4.78 is 0. The van der Waals surface area contributed by atoms with Crippen LogP contribution in [0.25, 0.3) is 11.1 Å². The Kier molecular flexibility index (Phi) is 3.56. The van der Waals surface area contributed by atoms with Crippen LogP contribution in [0.2, 0.25) is 0 Å². The Morgan fingerprint density at radius 2 is 1.68 bits per heavy atom. The second kappa shape index (κ2) is 5.49. The van der Waals surface area contributed by atoms with E-state index in [1.165, 1.54) is 11.1 Å². The summed E-state index contributed by atoms with van der Waals surface area (Å²) >= 11 is 1.78. The van der Waals surface area contributed by atoms with E-state index in [1.54, 1.807) is 11.8 Å². The normalized spacial score (nSPS) is 18.2. The molecule has 2 aromatic rings. The fraction of sp³-hybridized carbons (Fsp3) is 0.188. The van der Waals surface area contributed by atoms with Gasteiger partial charge in [0, 0.05) is 11.4 Å².